The number of para-hydroxylation sites is 4. The minimum absolute atomic E-state index is 0.128. The molecule has 1 N–H and O–H groups in total. The van der Waals surface area contributed by atoms with Gasteiger partial charge < -0.3 is 14.6 Å². The molecule has 134 valence electrons. The number of nitrogens with zero attached hydrogens (tertiary/aromatic N) is 3. The monoisotopic (exact) mass is 358 g/mol. The third-order valence-corrected chi connectivity index (χ3v) is 4.26. The number of ether oxygens (including phenoxy) is 1. The summed E-state index contributed by atoms with van der Waals surface area (Å²) in [6.45, 7) is 0.128. The van der Waals surface area contributed by atoms with Crippen molar-refractivity contribution >= 4 is 22.6 Å². The highest BCUT2D eigenvalue weighted by Crippen LogP contribution is 2.26. The number of hydrogen-bond acceptors (Lipinski definition) is 4. The lowest BCUT2D eigenvalue weighted by Gasteiger charge is -2.12. The van der Waals surface area contributed by atoms with Crippen molar-refractivity contribution in [2.24, 2.45) is 0 Å². The third kappa shape index (κ3) is 3.37. The number of rotatable bonds is 5. The molecule has 0 fully saturated rings. The summed E-state index contributed by atoms with van der Waals surface area (Å²) in [6.07, 6.45) is 3.46. The number of nitrogens with one attached hydrogen (secondary N) is 1. The zero-order valence-corrected chi connectivity index (χ0v) is 14.8. The number of carbonyl (C=O) groups excluding carboxylic acids is 1. The van der Waals surface area contributed by atoms with Crippen LogP contribution in [0.5, 0.6) is 5.75 Å². The predicted octanol–water partition coefficient (Wildman–Crippen LogP) is 3.75. The fourth-order valence-electron chi connectivity index (χ4n) is 3.03. The van der Waals surface area contributed by atoms with Gasteiger partial charge in [-0.3, -0.25) is 9.78 Å². The molecule has 4 rings (SSSR count). The van der Waals surface area contributed by atoms with Crippen molar-refractivity contribution in [3.8, 4) is 17.1 Å². The molecule has 6 nitrogen and oxygen atoms in total. The van der Waals surface area contributed by atoms with Gasteiger partial charge in [0.15, 0.2) is 0 Å². The molecule has 0 bridgehead atoms. The number of hydrogen-bond donors (Lipinski definition) is 1. The zero-order chi connectivity index (χ0) is 18.6. The van der Waals surface area contributed by atoms with Crippen LogP contribution in [0.15, 0.2) is 73.1 Å². The maximum absolute atomic E-state index is 12.7. The molecular formula is C21H18N4O2. The SMILES string of the molecule is COc1ccccc1NC(=O)Cn1c(-c2cccnc2)nc2ccccc21. The summed E-state index contributed by atoms with van der Waals surface area (Å²) < 4.78 is 7.20. The number of pyridine rings is 1. The fraction of sp³-hybridized carbons (Fsp3) is 0.0952. The molecule has 4 aromatic rings. The zero-order valence-electron chi connectivity index (χ0n) is 14.8. The van der Waals surface area contributed by atoms with Gasteiger partial charge in [0, 0.05) is 18.0 Å². The molecule has 0 atom stereocenters. The minimum atomic E-state index is -0.159. The Balaban J connectivity index is 1.70. The molecule has 2 aromatic heterocycles. The third-order valence-electron chi connectivity index (χ3n) is 4.26. The minimum Gasteiger partial charge on any atom is -0.495 e. The molecule has 0 aliphatic carbocycles. The second-order valence-corrected chi connectivity index (χ2v) is 6.00. The van der Waals surface area contributed by atoms with Crippen LogP contribution < -0.4 is 10.1 Å². The Hall–Kier alpha value is -3.67. The summed E-state index contributed by atoms with van der Waals surface area (Å²) in [5.74, 6) is 1.17. The lowest BCUT2D eigenvalue weighted by atomic mass is 10.2. The van der Waals surface area contributed by atoms with Gasteiger partial charge in [-0.15, -0.1) is 0 Å². The van der Waals surface area contributed by atoms with Gasteiger partial charge in [0.25, 0.3) is 0 Å². The molecule has 27 heavy (non-hydrogen) atoms. The molecule has 0 aliphatic rings. The van der Waals surface area contributed by atoms with E-state index in [1.807, 2.05) is 65.2 Å². The van der Waals surface area contributed by atoms with E-state index in [2.05, 4.69) is 10.3 Å². The van der Waals surface area contributed by atoms with Crippen LogP contribution in [0.1, 0.15) is 0 Å². The number of fused-ring (bicyclic) bond motifs is 1. The molecule has 2 aromatic carbocycles. The van der Waals surface area contributed by atoms with Gasteiger partial charge in [-0.25, -0.2) is 4.98 Å². The predicted molar refractivity (Wildman–Crippen MR) is 105 cm³/mol. The van der Waals surface area contributed by atoms with E-state index < -0.39 is 0 Å². The maximum atomic E-state index is 12.7. The topological polar surface area (TPSA) is 69.0 Å². The van der Waals surface area contributed by atoms with Crippen LogP contribution in [0.25, 0.3) is 22.4 Å². The molecule has 0 saturated carbocycles. The molecule has 6 heteroatoms. The molecule has 0 saturated heterocycles. The average Bonchev–Trinajstić information content (AvgIpc) is 3.07. The number of aromatic nitrogens is 3. The Morgan fingerprint density at radius 1 is 1.07 bits per heavy atom. The maximum Gasteiger partial charge on any atom is 0.244 e. The van der Waals surface area contributed by atoms with Crippen molar-refractivity contribution in [2.75, 3.05) is 12.4 Å². The van der Waals surface area contributed by atoms with Crippen molar-refractivity contribution in [1.29, 1.82) is 0 Å². The van der Waals surface area contributed by atoms with E-state index >= 15 is 0 Å². The van der Waals surface area contributed by atoms with Crippen LogP contribution in [0.4, 0.5) is 5.69 Å². The standard InChI is InChI=1S/C21H18N4O2/c1-27-19-11-5-3-9-17(19)23-20(26)14-25-18-10-4-2-8-16(18)24-21(25)15-7-6-12-22-13-15/h2-13H,14H2,1H3,(H,23,26). The van der Waals surface area contributed by atoms with Gasteiger partial charge in [0.2, 0.25) is 5.91 Å². The number of amides is 1. The fourth-order valence-corrected chi connectivity index (χ4v) is 3.03. The first-order valence-corrected chi connectivity index (χ1v) is 8.55. The molecule has 2 heterocycles. The van der Waals surface area contributed by atoms with E-state index in [-0.39, 0.29) is 12.5 Å². The van der Waals surface area contributed by atoms with Crippen LogP contribution in [-0.4, -0.2) is 27.6 Å². The van der Waals surface area contributed by atoms with Crippen molar-refractivity contribution in [3.63, 3.8) is 0 Å². The second kappa shape index (κ2) is 7.29. The number of carbonyl (C=O) groups is 1. The number of anilines is 1. The van der Waals surface area contributed by atoms with E-state index in [1.54, 1.807) is 19.5 Å². The van der Waals surface area contributed by atoms with Gasteiger partial charge >= 0.3 is 0 Å². The normalized spacial score (nSPS) is 10.7. The van der Waals surface area contributed by atoms with Crippen LogP contribution in [0.2, 0.25) is 0 Å². The van der Waals surface area contributed by atoms with Crippen molar-refractivity contribution in [1.82, 2.24) is 14.5 Å². The van der Waals surface area contributed by atoms with Gasteiger partial charge in [0.05, 0.1) is 23.8 Å². The second-order valence-electron chi connectivity index (χ2n) is 6.00. The summed E-state index contributed by atoms with van der Waals surface area (Å²) in [5, 5.41) is 2.91. The highest BCUT2D eigenvalue weighted by molar-refractivity contribution is 5.93. The Kier molecular flexibility index (Phi) is 4.53. The highest BCUT2D eigenvalue weighted by atomic mass is 16.5. The first kappa shape index (κ1) is 16.8. The number of benzene rings is 2. The van der Waals surface area contributed by atoms with Crippen LogP contribution >= 0.6 is 0 Å². The van der Waals surface area contributed by atoms with Crippen molar-refractivity contribution in [3.05, 3.63) is 73.1 Å². The van der Waals surface area contributed by atoms with E-state index in [0.717, 1.165) is 16.6 Å². The lowest BCUT2D eigenvalue weighted by Crippen LogP contribution is -2.19. The van der Waals surface area contributed by atoms with Crippen LogP contribution in [0, 0.1) is 0 Å². The van der Waals surface area contributed by atoms with Crippen LogP contribution in [0.3, 0.4) is 0 Å². The molecule has 1 amide bonds. The number of imidazole rings is 1. The molecule has 0 spiro atoms. The van der Waals surface area contributed by atoms with Gasteiger partial charge in [-0.05, 0) is 36.4 Å². The summed E-state index contributed by atoms with van der Waals surface area (Å²) >= 11 is 0. The molecule has 0 aliphatic heterocycles. The molecular weight excluding hydrogens is 340 g/mol. The Labute approximate surface area is 156 Å². The molecule has 0 unspecified atom stereocenters. The van der Waals surface area contributed by atoms with E-state index in [1.165, 1.54) is 0 Å². The number of methoxy groups -OCH3 is 1. The quantitative estimate of drug-likeness (QED) is 0.590. The largest absolute Gasteiger partial charge is 0.495 e. The van der Waals surface area contributed by atoms with E-state index in [4.69, 9.17) is 9.72 Å². The average molecular weight is 358 g/mol. The Morgan fingerprint density at radius 2 is 1.89 bits per heavy atom. The molecule has 0 radical (unpaired) electrons. The Morgan fingerprint density at radius 3 is 2.70 bits per heavy atom. The van der Waals surface area contributed by atoms with Gasteiger partial charge in [0.1, 0.15) is 18.1 Å². The van der Waals surface area contributed by atoms with Gasteiger partial charge in [-0.2, -0.15) is 0 Å². The van der Waals surface area contributed by atoms with Crippen LogP contribution in [-0.2, 0) is 11.3 Å². The van der Waals surface area contributed by atoms with Crippen molar-refractivity contribution in [2.45, 2.75) is 6.54 Å². The smallest absolute Gasteiger partial charge is 0.244 e. The first-order valence-electron chi connectivity index (χ1n) is 8.55. The highest BCUT2D eigenvalue weighted by Gasteiger charge is 2.16. The van der Waals surface area contributed by atoms with E-state index in [9.17, 15) is 4.79 Å². The summed E-state index contributed by atoms with van der Waals surface area (Å²) in [4.78, 5) is 21.6. The Bertz CT molecular complexity index is 1090. The lowest BCUT2D eigenvalue weighted by molar-refractivity contribution is -0.116. The van der Waals surface area contributed by atoms with Gasteiger partial charge in [-0.1, -0.05) is 24.3 Å². The van der Waals surface area contributed by atoms with E-state index in [0.29, 0.717) is 17.3 Å². The summed E-state index contributed by atoms with van der Waals surface area (Å²) in [5.41, 5.74) is 3.23. The van der Waals surface area contributed by atoms with Crippen molar-refractivity contribution < 1.29 is 9.53 Å². The first-order chi connectivity index (χ1) is 13.3. The summed E-state index contributed by atoms with van der Waals surface area (Å²) in [7, 11) is 1.58. The summed E-state index contributed by atoms with van der Waals surface area (Å²) in [6, 6.07) is 18.9.